The molecule has 0 radical (unpaired) electrons. The number of hydrogen-bond acceptors (Lipinski definition) is 7. The number of aliphatic imine (C=N–C) groups is 1. The Labute approximate surface area is 246 Å². The van der Waals surface area contributed by atoms with Gasteiger partial charge in [-0.15, -0.1) is 0 Å². The van der Waals surface area contributed by atoms with E-state index in [1.165, 1.54) is 5.56 Å². The SMILES string of the molecule is CCOc1ccccc1C1C2(C#N)CN(c3ccc(C)cc3)CC1(C#N)C1=NCN(c3ccc(C)cc3)CN1C2=S. The minimum absolute atomic E-state index is 0.355. The lowest BCUT2D eigenvalue weighted by atomic mass is 9.53. The van der Waals surface area contributed by atoms with Crippen molar-refractivity contribution in [3.8, 4) is 17.9 Å². The number of ether oxygens (including phenoxy) is 1. The second kappa shape index (κ2) is 10.2. The van der Waals surface area contributed by atoms with Crippen LogP contribution in [0.25, 0.3) is 0 Å². The van der Waals surface area contributed by atoms with Crippen molar-refractivity contribution >= 4 is 34.4 Å². The third-order valence-corrected chi connectivity index (χ3v) is 9.16. The smallest absolute Gasteiger partial charge is 0.141 e. The molecule has 8 heteroatoms. The van der Waals surface area contributed by atoms with Crippen LogP contribution in [0.2, 0.25) is 0 Å². The van der Waals surface area contributed by atoms with Crippen LogP contribution in [0.1, 0.15) is 29.5 Å². The Kier molecular flexibility index (Phi) is 6.68. The molecule has 3 unspecified atom stereocenters. The van der Waals surface area contributed by atoms with Crippen molar-refractivity contribution in [1.29, 1.82) is 10.5 Å². The van der Waals surface area contributed by atoms with Crippen LogP contribution in [0, 0.1) is 47.3 Å². The van der Waals surface area contributed by atoms with Crippen LogP contribution in [-0.4, -0.2) is 48.8 Å². The van der Waals surface area contributed by atoms with E-state index in [2.05, 4.69) is 77.4 Å². The Hall–Kier alpha value is -4.40. The van der Waals surface area contributed by atoms with E-state index in [4.69, 9.17) is 21.9 Å². The maximum absolute atomic E-state index is 11.2. The van der Waals surface area contributed by atoms with Gasteiger partial charge in [0.15, 0.2) is 0 Å². The standard InChI is InChI=1S/C33H32N6OS/c1-4-40-28-8-6-5-7-27(28)29-32(17-34)19-37(25-13-9-23(2)10-14-25)20-33(29,18-35)31(41)39-22-38(21-36-30(32)39)26-15-11-24(3)12-16-26/h5-16,29H,4,19-22H2,1-3H3. The number of benzene rings is 3. The van der Waals surface area contributed by atoms with Crippen LogP contribution in [0.3, 0.4) is 0 Å². The third kappa shape index (κ3) is 4.13. The highest BCUT2D eigenvalue weighted by molar-refractivity contribution is 7.80. The average molecular weight is 561 g/mol. The van der Waals surface area contributed by atoms with Gasteiger partial charge in [-0.1, -0.05) is 65.8 Å². The molecule has 3 heterocycles. The topological polar surface area (TPSA) is 78.9 Å². The third-order valence-electron chi connectivity index (χ3n) is 8.58. The van der Waals surface area contributed by atoms with Gasteiger partial charge in [0.05, 0.1) is 25.4 Å². The molecule has 7 nitrogen and oxygen atoms in total. The number of aryl methyl sites for hydroxylation is 2. The van der Waals surface area contributed by atoms with Gasteiger partial charge in [0.25, 0.3) is 0 Å². The first-order chi connectivity index (χ1) is 19.9. The molecule has 0 aromatic heterocycles. The molecule has 2 saturated heterocycles. The van der Waals surface area contributed by atoms with E-state index in [1.807, 2.05) is 43.0 Å². The predicted octanol–water partition coefficient (Wildman–Crippen LogP) is 5.80. The number of piperidine rings is 2. The highest BCUT2D eigenvalue weighted by Gasteiger charge is 2.68. The van der Waals surface area contributed by atoms with Crippen molar-refractivity contribution in [3.05, 3.63) is 89.5 Å². The summed E-state index contributed by atoms with van der Waals surface area (Å²) >= 11 is 6.27. The minimum atomic E-state index is -1.18. The van der Waals surface area contributed by atoms with Gasteiger partial charge in [0.1, 0.15) is 34.1 Å². The van der Waals surface area contributed by atoms with E-state index >= 15 is 0 Å². The van der Waals surface area contributed by atoms with Gasteiger partial charge in [0.2, 0.25) is 0 Å². The number of nitriles is 2. The Morgan fingerprint density at radius 2 is 1.46 bits per heavy atom. The summed E-state index contributed by atoms with van der Waals surface area (Å²) in [5.74, 6) is 0.757. The summed E-state index contributed by atoms with van der Waals surface area (Å²) in [5, 5.41) is 22.4. The molecule has 3 aliphatic rings. The monoisotopic (exact) mass is 560 g/mol. The number of thiocarbonyl (C=S) groups is 1. The molecule has 0 N–H and O–H groups in total. The zero-order valence-electron chi connectivity index (χ0n) is 23.5. The van der Waals surface area contributed by atoms with E-state index in [0.717, 1.165) is 22.5 Å². The number of nitrogens with zero attached hydrogens (tertiary/aromatic N) is 6. The number of hydrogen-bond donors (Lipinski definition) is 0. The lowest BCUT2D eigenvalue weighted by molar-refractivity contribution is 0.201. The van der Waals surface area contributed by atoms with Crippen LogP contribution in [-0.2, 0) is 0 Å². The van der Waals surface area contributed by atoms with Gasteiger partial charge in [-0.05, 0) is 51.1 Å². The summed E-state index contributed by atoms with van der Waals surface area (Å²) in [6.45, 7) is 8.08. The zero-order chi connectivity index (χ0) is 28.8. The Balaban J connectivity index is 1.56. The highest BCUT2D eigenvalue weighted by Crippen LogP contribution is 2.60. The molecule has 2 fully saturated rings. The average Bonchev–Trinajstić information content (AvgIpc) is 3.00. The van der Waals surface area contributed by atoms with Crippen molar-refractivity contribution < 1.29 is 4.74 Å². The summed E-state index contributed by atoms with van der Waals surface area (Å²) in [7, 11) is 0. The first-order valence-corrected chi connectivity index (χ1v) is 14.3. The van der Waals surface area contributed by atoms with Crippen LogP contribution in [0.5, 0.6) is 5.75 Å². The van der Waals surface area contributed by atoms with Crippen LogP contribution < -0.4 is 14.5 Å². The molecule has 206 valence electrons. The van der Waals surface area contributed by atoms with E-state index < -0.39 is 16.7 Å². The highest BCUT2D eigenvalue weighted by atomic mass is 32.1. The summed E-state index contributed by atoms with van der Waals surface area (Å²) < 4.78 is 6.08. The number of anilines is 2. The molecule has 3 aliphatic heterocycles. The van der Waals surface area contributed by atoms with Crippen LogP contribution in [0.15, 0.2) is 77.8 Å². The summed E-state index contributed by atoms with van der Waals surface area (Å²) in [6, 6.07) is 29.7. The van der Waals surface area contributed by atoms with Gasteiger partial charge in [0, 0.05) is 35.9 Å². The number of amidine groups is 1. The van der Waals surface area contributed by atoms with Crippen molar-refractivity contribution in [2.45, 2.75) is 26.7 Å². The molecular weight excluding hydrogens is 528 g/mol. The van der Waals surface area contributed by atoms with Crippen LogP contribution >= 0.6 is 12.2 Å². The first kappa shape index (κ1) is 26.8. The molecule has 41 heavy (non-hydrogen) atoms. The maximum Gasteiger partial charge on any atom is 0.141 e. The number of para-hydroxylation sites is 1. The summed E-state index contributed by atoms with van der Waals surface area (Å²) in [6.07, 6.45) is 0. The predicted molar refractivity (Wildman–Crippen MR) is 165 cm³/mol. The van der Waals surface area contributed by atoms with Gasteiger partial charge in [-0.2, -0.15) is 10.5 Å². The molecule has 2 bridgehead atoms. The van der Waals surface area contributed by atoms with Gasteiger partial charge >= 0.3 is 0 Å². The molecule has 3 atom stereocenters. The van der Waals surface area contributed by atoms with Crippen molar-refractivity contribution in [3.63, 3.8) is 0 Å². The zero-order valence-corrected chi connectivity index (χ0v) is 24.4. The Bertz CT molecular complexity index is 1600. The minimum Gasteiger partial charge on any atom is -0.494 e. The maximum atomic E-state index is 11.2. The largest absolute Gasteiger partial charge is 0.494 e. The summed E-state index contributed by atoms with van der Waals surface area (Å²) in [4.78, 5) is 11.8. The van der Waals surface area contributed by atoms with Crippen LogP contribution in [0.4, 0.5) is 11.4 Å². The molecule has 3 aromatic carbocycles. The fourth-order valence-corrected chi connectivity index (χ4v) is 7.02. The number of rotatable bonds is 5. The first-order valence-electron chi connectivity index (χ1n) is 13.9. The van der Waals surface area contributed by atoms with E-state index in [9.17, 15) is 10.5 Å². The molecule has 0 saturated carbocycles. The van der Waals surface area contributed by atoms with Crippen molar-refractivity contribution in [1.82, 2.24) is 4.90 Å². The molecule has 3 aromatic rings. The number of fused-ring (bicyclic) bond motifs is 4. The quantitative estimate of drug-likeness (QED) is 0.365. The van der Waals surface area contributed by atoms with E-state index in [-0.39, 0.29) is 0 Å². The lowest BCUT2D eigenvalue weighted by Crippen LogP contribution is -2.73. The fourth-order valence-electron chi connectivity index (χ4n) is 6.65. The fraction of sp³-hybridized carbons (Fsp3) is 0.333. The molecule has 0 spiro atoms. The molecular formula is C33H32N6OS. The molecule has 0 aliphatic carbocycles. The summed E-state index contributed by atoms with van der Waals surface area (Å²) in [5.41, 5.74) is 2.80. The van der Waals surface area contributed by atoms with Crippen molar-refractivity contribution in [2.75, 3.05) is 42.8 Å². The van der Waals surface area contributed by atoms with Gasteiger partial charge in [-0.25, -0.2) is 4.99 Å². The second-order valence-corrected chi connectivity index (χ2v) is 11.5. The van der Waals surface area contributed by atoms with E-state index in [0.29, 0.717) is 49.6 Å². The molecule has 6 rings (SSSR count). The van der Waals surface area contributed by atoms with E-state index in [1.54, 1.807) is 0 Å². The Morgan fingerprint density at radius 1 is 0.878 bits per heavy atom. The molecule has 0 amide bonds. The van der Waals surface area contributed by atoms with Gasteiger partial charge < -0.3 is 19.4 Å². The Morgan fingerprint density at radius 3 is 2.07 bits per heavy atom. The lowest BCUT2D eigenvalue weighted by Gasteiger charge is -2.61. The normalized spacial score (nSPS) is 25.1. The van der Waals surface area contributed by atoms with Crippen molar-refractivity contribution in [2.24, 2.45) is 15.8 Å². The second-order valence-electron chi connectivity index (χ2n) is 11.1. The van der Waals surface area contributed by atoms with Gasteiger partial charge in [-0.3, -0.25) is 0 Å².